The largest absolute Gasteiger partial charge is 0.435 e. The van der Waals surface area contributed by atoms with Gasteiger partial charge in [-0.15, -0.1) is 0 Å². The second kappa shape index (κ2) is 9.60. The number of allylic oxidation sites excluding steroid dienone is 1. The second-order valence-electron chi connectivity index (χ2n) is 7.35. The van der Waals surface area contributed by atoms with Crippen LogP contribution >= 0.6 is 12.2 Å². The van der Waals surface area contributed by atoms with Crippen LogP contribution < -0.4 is 20.1 Å². The van der Waals surface area contributed by atoms with E-state index in [1.54, 1.807) is 24.3 Å². The summed E-state index contributed by atoms with van der Waals surface area (Å²) in [6.07, 6.45) is 4.60. The van der Waals surface area contributed by atoms with Crippen molar-refractivity contribution in [2.75, 3.05) is 0 Å². The van der Waals surface area contributed by atoms with E-state index < -0.39 is 13.2 Å². The van der Waals surface area contributed by atoms with Gasteiger partial charge in [-0.1, -0.05) is 24.3 Å². The predicted octanol–water partition coefficient (Wildman–Crippen LogP) is 5.93. The average molecular weight is 464 g/mol. The van der Waals surface area contributed by atoms with Gasteiger partial charge in [-0.3, -0.25) is 0 Å². The van der Waals surface area contributed by atoms with E-state index in [0.29, 0.717) is 5.11 Å². The Hall–Kier alpha value is -3.07. The highest BCUT2D eigenvalue weighted by atomic mass is 32.1. The van der Waals surface area contributed by atoms with Crippen LogP contribution in [0, 0.1) is 0 Å². The maximum atomic E-state index is 12.4. The summed E-state index contributed by atoms with van der Waals surface area (Å²) < 4.78 is 58.4. The van der Waals surface area contributed by atoms with Crippen molar-refractivity contribution < 1.29 is 27.0 Å². The number of ether oxygens (including phenoxy) is 2. The molecule has 0 aromatic heterocycles. The molecule has 2 aliphatic rings. The third-order valence-electron chi connectivity index (χ3n) is 5.28. The predicted molar refractivity (Wildman–Crippen MR) is 117 cm³/mol. The molecule has 1 atom stereocenters. The van der Waals surface area contributed by atoms with E-state index in [2.05, 4.69) is 20.1 Å². The van der Waals surface area contributed by atoms with Gasteiger partial charge in [-0.25, -0.2) is 0 Å². The highest BCUT2D eigenvalue weighted by molar-refractivity contribution is 7.80. The first-order valence-electron chi connectivity index (χ1n) is 10.00. The summed E-state index contributed by atoms with van der Waals surface area (Å²) in [5, 5.41) is 6.98. The summed E-state index contributed by atoms with van der Waals surface area (Å²) in [4.78, 5) is 0. The summed E-state index contributed by atoms with van der Waals surface area (Å²) in [5.74, 6) is 0.198. The van der Waals surface area contributed by atoms with Crippen LogP contribution in [0.15, 0.2) is 65.4 Å². The van der Waals surface area contributed by atoms with E-state index in [4.69, 9.17) is 12.2 Å². The lowest BCUT2D eigenvalue weighted by Gasteiger charge is -2.36. The molecule has 0 bridgehead atoms. The Balaban J connectivity index is 1.62. The average Bonchev–Trinajstić information content (AvgIpc) is 2.75. The summed E-state index contributed by atoms with van der Waals surface area (Å²) in [5.41, 5.74) is 4.85. The van der Waals surface area contributed by atoms with Crippen LogP contribution in [-0.2, 0) is 0 Å². The summed E-state index contributed by atoms with van der Waals surface area (Å²) in [7, 11) is 0. The quantitative estimate of drug-likeness (QED) is 0.410. The number of hydrogen-bond donors (Lipinski definition) is 2. The van der Waals surface area contributed by atoms with Gasteiger partial charge in [0.1, 0.15) is 11.5 Å². The fourth-order valence-electron chi connectivity index (χ4n) is 3.96. The number of alkyl halides is 4. The van der Waals surface area contributed by atoms with Gasteiger partial charge in [0.2, 0.25) is 0 Å². The Morgan fingerprint density at radius 1 is 0.875 bits per heavy atom. The topological polar surface area (TPSA) is 42.5 Å². The molecule has 1 heterocycles. The molecule has 32 heavy (non-hydrogen) atoms. The molecule has 0 saturated carbocycles. The van der Waals surface area contributed by atoms with E-state index in [-0.39, 0.29) is 17.5 Å². The molecule has 0 fully saturated rings. The minimum atomic E-state index is -2.87. The molecule has 2 aromatic carbocycles. The molecule has 0 saturated heterocycles. The Morgan fingerprint density at radius 2 is 1.47 bits per heavy atom. The number of nitrogens with one attached hydrogen (secondary N) is 2. The summed E-state index contributed by atoms with van der Waals surface area (Å²) in [6.45, 7) is -5.74. The van der Waals surface area contributed by atoms with Gasteiger partial charge in [0.05, 0.1) is 6.04 Å². The van der Waals surface area contributed by atoms with Crippen molar-refractivity contribution in [2.24, 2.45) is 0 Å². The molecule has 1 aliphatic carbocycles. The number of thiocarbonyl (C=S) groups is 1. The van der Waals surface area contributed by atoms with Crippen molar-refractivity contribution in [3.05, 3.63) is 76.5 Å². The van der Waals surface area contributed by atoms with Crippen LogP contribution in [0.2, 0.25) is 0 Å². The molecule has 1 aliphatic heterocycles. The van der Waals surface area contributed by atoms with Crippen molar-refractivity contribution in [3.63, 3.8) is 0 Å². The van der Waals surface area contributed by atoms with Gasteiger partial charge >= 0.3 is 13.2 Å². The summed E-state index contributed by atoms with van der Waals surface area (Å²) >= 11 is 5.41. The lowest BCUT2D eigenvalue weighted by atomic mass is 9.83. The first-order valence-corrected chi connectivity index (χ1v) is 10.4. The van der Waals surface area contributed by atoms with Crippen LogP contribution in [0.3, 0.4) is 0 Å². The maximum Gasteiger partial charge on any atom is 0.387 e. The zero-order valence-corrected chi connectivity index (χ0v) is 17.6. The molecule has 4 nitrogen and oxygen atoms in total. The van der Waals surface area contributed by atoms with Gasteiger partial charge in [-0.05, 0) is 84.1 Å². The number of halogens is 4. The van der Waals surface area contributed by atoms with Gasteiger partial charge in [0.25, 0.3) is 0 Å². The zero-order valence-electron chi connectivity index (χ0n) is 16.8. The maximum absolute atomic E-state index is 12.4. The monoisotopic (exact) mass is 464 g/mol. The normalized spacial score (nSPS) is 19.6. The lowest BCUT2D eigenvalue weighted by Crippen LogP contribution is -2.45. The molecule has 0 radical (unpaired) electrons. The van der Waals surface area contributed by atoms with Gasteiger partial charge in [0, 0.05) is 5.70 Å². The molecular weight excluding hydrogens is 444 g/mol. The Morgan fingerprint density at radius 3 is 2.06 bits per heavy atom. The molecule has 0 unspecified atom stereocenters. The van der Waals surface area contributed by atoms with Gasteiger partial charge < -0.3 is 20.1 Å². The lowest BCUT2D eigenvalue weighted by molar-refractivity contribution is -0.0505. The van der Waals surface area contributed by atoms with Crippen molar-refractivity contribution in [2.45, 2.75) is 38.5 Å². The first-order chi connectivity index (χ1) is 15.4. The van der Waals surface area contributed by atoms with Crippen LogP contribution in [0.25, 0.3) is 6.08 Å². The van der Waals surface area contributed by atoms with E-state index >= 15 is 0 Å². The highest BCUT2D eigenvalue weighted by Gasteiger charge is 2.30. The Labute approximate surface area is 187 Å². The first kappa shape index (κ1) is 22.1. The molecule has 9 heteroatoms. The third-order valence-corrected chi connectivity index (χ3v) is 5.50. The molecule has 2 N–H and O–H groups in total. The van der Waals surface area contributed by atoms with Gasteiger partial charge in [-0.2, -0.15) is 17.6 Å². The molecule has 0 spiro atoms. The van der Waals surface area contributed by atoms with E-state index in [0.717, 1.165) is 47.2 Å². The highest BCUT2D eigenvalue weighted by Crippen LogP contribution is 2.39. The van der Waals surface area contributed by atoms with E-state index in [9.17, 15) is 17.6 Å². The van der Waals surface area contributed by atoms with E-state index in [1.807, 2.05) is 6.08 Å². The molecule has 0 amide bonds. The smallest absolute Gasteiger partial charge is 0.387 e. The van der Waals surface area contributed by atoms with Crippen LogP contribution in [0.4, 0.5) is 17.6 Å². The molecule has 168 valence electrons. The number of rotatable bonds is 6. The summed E-state index contributed by atoms with van der Waals surface area (Å²) in [6, 6.07) is 12.8. The van der Waals surface area contributed by atoms with Gasteiger partial charge in [0.15, 0.2) is 5.11 Å². The number of hydrogen-bond acceptors (Lipinski definition) is 3. The van der Waals surface area contributed by atoms with Crippen molar-refractivity contribution >= 4 is 23.4 Å². The minimum absolute atomic E-state index is 0.0953. The number of benzene rings is 2. The Bertz CT molecular complexity index is 1040. The molecular formula is C23H20F4N2O2S. The van der Waals surface area contributed by atoms with Crippen LogP contribution in [0.5, 0.6) is 11.5 Å². The zero-order chi connectivity index (χ0) is 22.7. The fraction of sp³-hybridized carbons (Fsp3) is 0.261. The molecule has 2 aromatic rings. The third kappa shape index (κ3) is 5.21. The van der Waals surface area contributed by atoms with E-state index in [1.165, 1.54) is 24.3 Å². The minimum Gasteiger partial charge on any atom is -0.435 e. The van der Waals surface area contributed by atoms with Crippen LogP contribution in [0.1, 0.15) is 36.4 Å². The second-order valence-corrected chi connectivity index (χ2v) is 7.76. The van der Waals surface area contributed by atoms with Crippen molar-refractivity contribution in [3.8, 4) is 11.5 Å². The fourth-order valence-corrected chi connectivity index (χ4v) is 4.18. The molecule has 4 rings (SSSR count). The standard InChI is InChI=1S/C23H20F4N2O2S/c24-21(25)30-16-8-4-13(5-9-16)12-15-2-1-3-18-19(28-23(32)29-20(15)18)14-6-10-17(11-7-14)31-22(26)27/h4-12,19,21-22H,1-3H2,(H2,28,29,32)/b15-12-/t19-/m1/s1. The van der Waals surface area contributed by atoms with Crippen molar-refractivity contribution in [1.82, 2.24) is 10.6 Å². The van der Waals surface area contributed by atoms with Crippen molar-refractivity contribution in [1.29, 1.82) is 0 Å². The SMILES string of the molecule is FC(F)Oc1ccc(/C=C2/CCCC3=C2NC(=S)N[C@@H]3c2ccc(OC(F)F)cc2)cc1. The van der Waals surface area contributed by atoms with Crippen LogP contribution in [-0.4, -0.2) is 18.3 Å². The Kier molecular flexibility index (Phi) is 6.64.